The summed E-state index contributed by atoms with van der Waals surface area (Å²) in [6, 6.07) is 9.84. The van der Waals surface area contributed by atoms with Gasteiger partial charge in [0.15, 0.2) is 0 Å². The molecule has 0 fully saturated rings. The second kappa shape index (κ2) is 5.76. The summed E-state index contributed by atoms with van der Waals surface area (Å²) in [5, 5.41) is 2.44. The number of nitrogens with one attached hydrogen (secondary N) is 1. The Morgan fingerprint density at radius 1 is 1.40 bits per heavy atom. The molecule has 1 aromatic carbocycles. The number of carbonyl (C=O) groups is 1. The van der Waals surface area contributed by atoms with Crippen LogP contribution in [0.1, 0.15) is 31.9 Å². The Labute approximate surface area is 95.6 Å². The Morgan fingerprint density at radius 2 is 2.00 bits per heavy atom. The Kier molecular flexibility index (Phi) is 4.63. The van der Waals surface area contributed by atoms with Gasteiger partial charge in [-0.3, -0.25) is 4.79 Å². The molecule has 0 aliphatic carbocycles. The predicted octanol–water partition coefficient (Wildman–Crippen LogP) is 2.88. The zero-order valence-electron chi connectivity index (χ0n) is 9.03. The van der Waals surface area contributed by atoms with Gasteiger partial charge in [-0.1, -0.05) is 37.3 Å². The Balaban J connectivity index is 2.56. The molecule has 0 aliphatic rings. The quantitative estimate of drug-likeness (QED) is 0.785. The molecular formula is C12H16ClNO. The molecule has 0 heterocycles. The highest BCUT2D eigenvalue weighted by Crippen LogP contribution is 2.12. The van der Waals surface area contributed by atoms with E-state index in [1.54, 1.807) is 0 Å². The Hall–Kier alpha value is -1.02. The molecule has 3 heteroatoms. The maximum atomic E-state index is 11.5. The van der Waals surface area contributed by atoms with Crippen molar-refractivity contribution >= 4 is 17.5 Å². The van der Waals surface area contributed by atoms with E-state index in [-0.39, 0.29) is 11.9 Å². The van der Waals surface area contributed by atoms with Crippen LogP contribution in [0.25, 0.3) is 0 Å². The summed E-state index contributed by atoms with van der Waals surface area (Å²) < 4.78 is 0. The van der Waals surface area contributed by atoms with Gasteiger partial charge in [-0.15, -0.1) is 11.6 Å². The average Bonchev–Trinajstić information content (AvgIpc) is 2.29. The van der Waals surface area contributed by atoms with E-state index in [9.17, 15) is 4.79 Å². The standard InChI is InChI=1S/C12H16ClNO/c1-3-11(13)12(15)14-9(2)10-7-5-4-6-8-10/h4-9,11H,3H2,1-2H3,(H,14,15). The molecule has 1 aromatic rings. The van der Waals surface area contributed by atoms with E-state index in [1.807, 2.05) is 44.2 Å². The molecule has 0 aromatic heterocycles. The van der Waals surface area contributed by atoms with Gasteiger partial charge in [0.25, 0.3) is 0 Å². The first-order valence-electron chi connectivity index (χ1n) is 5.14. The molecular weight excluding hydrogens is 210 g/mol. The van der Waals surface area contributed by atoms with E-state index in [0.29, 0.717) is 6.42 Å². The number of halogens is 1. The average molecular weight is 226 g/mol. The first-order valence-corrected chi connectivity index (χ1v) is 5.58. The maximum absolute atomic E-state index is 11.5. The highest BCUT2D eigenvalue weighted by Gasteiger charge is 2.15. The van der Waals surface area contributed by atoms with Gasteiger partial charge in [0, 0.05) is 0 Å². The van der Waals surface area contributed by atoms with Crippen molar-refractivity contribution < 1.29 is 4.79 Å². The van der Waals surface area contributed by atoms with Crippen molar-refractivity contribution in [2.45, 2.75) is 31.7 Å². The minimum Gasteiger partial charge on any atom is -0.348 e. The second-order valence-electron chi connectivity index (χ2n) is 3.52. The van der Waals surface area contributed by atoms with Crippen LogP contribution in [0.2, 0.25) is 0 Å². The highest BCUT2D eigenvalue weighted by atomic mass is 35.5. The molecule has 1 rings (SSSR count). The molecule has 0 saturated heterocycles. The monoisotopic (exact) mass is 225 g/mol. The lowest BCUT2D eigenvalue weighted by molar-refractivity contribution is -0.121. The molecule has 0 radical (unpaired) electrons. The number of hydrogen-bond donors (Lipinski definition) is 1. The summed E-state index contributed by atoms with van der Waals surface area (Å²) in [5.74, 6) is -0.101. The summed E-state index contributed by atoms with van der Waals surface area (Å²) in [7, 11) is 0. The number of carbonyl (C=O) groups excluding carboxylic acids is 1. The van der Waals surface area contributed by atoms with Crippen LogP contribution >= 0.6 is 11.6 Å². The van der Waals surface area contributed by atoms with Crippen LogP contribution in [0, 0.1) is 0 Å². The first-order chi connectivity index (χ1) is 7.15. The lowest BCUT2D eigenvalue weighted by Gasteiger charge is -2.16. The molecule has 82 valence electrons. The van der Waals surface area contributed by atoms with Crippen molar-refractivity contribution in [1.29, 1.82) is 0 Å². The smallest absolute Gasteiger partial charge is 0.238 e. The van der Waals surface area contributed by atoms with E-state index >= 15 is 0 Å². The SMILES string of the molecule is CCC(Cl)C(=O)NC(C)c1ccccc1. The van der Waals surface area contributed by atoms with Gasteiger partial charge >= 0.3 is 0 Å². The van der Waals surface area contributed by atoms with Crippen molar-refractivity contribution in [3.8, 4) is 0 Å². The van der Waals surface area contributed by atoms with Crippen molar-refractivity contribution in [3.63, 3.8) is 0 Å². The van der Waals surface area contributed by atoms with Gasteiger partial charge in [0.2, 0.25) is 5.91 Å². The summed E-state index contributed by atoms with van der Waals surface area (Å²) in [4.78, 5) is 11.5. The number of hydrogen-bond acceptors (Lipinski definition) is 1. The molecule has 2 nitrogen and oxygen atoms in total. The molecule has 0 aliphatic heterocycles. The van der Waals surface area contributed by atoms with Gasteiger partial charge in [-0.25, -0.2) is 0 Å². The van der Waals surface area contributed by atoms with Gasteiger partial charge in [-0.05, 0) is 18.9 Å². The zero-order chi connectivity index (χ0) is 11.3. The van der Waals surface area contributed by atoms with Crippen LogP contribution in [-0.2, 0) is 4.79 Å². The van der Waals surface area contributed by atoms with Crippen LogP contribution in [0.15, 0.2) is 30.3 Å². The molecule has 1 N–H and O–H groups in total. The summed E-state index contributed by atoms with van der Waals surface area (Å²) >= 11 is 5.84. The van der Waals surface area contributed by atoms with Crippen LogP contribution in [0.3, 0.4) is 0 Å². The van der Waals surface area contributed by atoms with Crippen LogP contribution < -0.4 is 5.32 Å². The molecule has 0 spiro atoms. The fourth-order valence-corrected chi connectivity index (χ4v) is 1.38. The number of amides is 1. The van der Waals surface area contributed by atoms with Crippen molar-refractivity contribution in [2.75, 3.05) is 0 Å². The molecule has 1 amide bonds. The predicted molar refractivity (Wildman–Crippen MR) is 62.9 cm³/mol. The Bertz CT molecular complexity index is 313. The third kappa shape index (κ3) is 3.56. The fourth-order valence-electron chi connectivity index (χ4n) is 1.31. The highest BCUT2D eigenvalue weighted by molar-refractivity contribution is 6.30. The van der Waals surface area contributed by atoms with E-state index in [0.717, 1.165) is 5.56 Å². The van der Waals surface area contributed by atoms with Gasteiger partial charge in [0.1, 0.15) is 5.38 Å². The molecule has 2 unspecified atom stereocenters. The topological polar surface area (TPSA) is 29.1 Å². The lowest BCUT2D eigenvalue weighted by Crippen LogP contribution is -2.33. The number of rotatable bonds is 4. The lowest BCUT2D eigenvalue weighted by atomic mass is 10.1. The summed E-state index contributed by atoms with van der Waals surface area (Å²) in [6.07, 6.45) is 0.648. The van der Waals surface area contributed by atoms with Crippen LogP contribution in [-0.4, -0.2) is 11.3 Å². The number of benzene rings is 1. The normalized spacial score (nSPS) is 14.3. The van der Waals surface area contributed by atoms with Crippen molar-refractivity contribution in [1.82, 2.24) is 5.32 Å². The summed E-state index contributed by atoms with van der Waals surface area (Å²) in [5.41, 5.74) is 1.09. The third-order valence-electron chi connectivity index (χ3n) is 2.30. The zero-order valence-corrected chi connectivity index (χ0v) is 9.79. The van der Waals surface area contributed by atoms with E-state index < -0.39 is 5.38 Å². The van der Waals surface area contributed by atoms with Gasteiger partial charge in [0.05, 0.1) is 6.04 Å². The first kappa shape index (κ1) is 12.1. The third-order valence-corrected chi connectivity index (χ3v) is 2.81. The van der Waals surface area contributed by atoms with Crippen LogP contribution in [0.4, 0.5) is 0 Å². The summed E-state index contributed by atoms with van der Waals surface area (Å²) in [6.45, 7) is 3.84. The van der Waals surface area contributed by atoms with E-state index in [4.69, 9.17) is 11.6 Å². The molecule has 2 atom stereocenters. The van der Waals surface area contributed by atoms with E-state index in [2.05, 4.69) is 5.32 Å². The molecule has 0 bridgehead atoms. The molecule has 15 heavy (non-hydrogen) atoms. The fraction of sp³-hybridized carbons (Fsp3) is 0.417. The molecule has 0 saturated carbocycles. The van der Waals surface area contributed by atoms with Crippen LogP contribution in [0.5, 0.6) is 0 Å². The van der Waals surface area contributed by atoms with E-state index in [1.165, 1.54) is 0 Å². The largest absolute Gasteiger partial charge is 0.348 e. The van der Waals surface area contributed by atoms with Crippen molar-refractivity contribution in [3.05, 3.63) is 35.9 Å². The maximum Gasteiger partial charge on any atom is 0.238 e. The minimum atomic E-state index is -0.434. The van der Waals surface area contributed by atoms with Gasteiger partial charge in [-0.2, -0.15) is 0 Å². The number of alkyl halides is 1. The second-order valence-corrected chi connectivity index (χ2v) is 4.04. The van der Waals surface area contributed by atoms with Gasteiger partial charge < -0.3 is 5.32 Å². The minimum absolute atomic E-state index is 0.00602. The Morgan fingerprint density at radius 3 is 2.53 bits per heavy atom. The van der Waals surface area contributed by atoms with Crippen molar-refractivity contribution in [2.24, 2.45) is 0 Å².